The van der Waals surface area contributed by atoms with Gasteiger partial charge in [-0.1, -0.05) is 18.2 Å². The van der Waals surface area contributed by atoms with Crippen molar-refractivity contribution in [3.05, 3.63) is 30.3 Å². The fraction of sp³-hybridized carbons (Fsp3) is 0.579. The SMILES string of the molecule is CN(CC(=O)NC(C)(C)C)C(=O)C[NH+]1CCN(S(=O)(=O)c2ccccc2)CC1. The fourth-order valence-corrected chi connectivity index (χ4v) is 4.53. The second-order valence-electron chi connectivity index (χ2n) is 8.19. The van der Waals surface area contributed by atoms with Gasteiger partial charge in [-0.15, -0.1) is 0 Å². The number of nitrogens with zero attached hydrogens (tertiary/aromatic N) is 2. The minimum Gasteiger partial charge on any atom is -0.350 e. The number of carbonyl (C=O) groups is 2. The summed E-state index contributed by atoms with van der Waals surface area (Å²) in [4.78, 5) is 27.1. The van der Waals surface area contributed by atoms with Gasteiger partial charge in [0.15, 0.2) is 6.54 Å². The van der Waals surface area contributed by atoms with Crippen molar-refractivity contribution in [2.24, 2.45) is 0 Å². The molecule has 0 atom stereocenters. The molecular formula is C19H31N4O4S+. The molecule has 0 spiro atoms. The average Bonchev–Trinajstić information content (AvgIpc) is 2.61. The first-order chi connectivity index (χ1) is 13.0. The van der Waals surface area contributed by atoms with E-state index in [1.165, 1.54) is 9.21 Å². The maximum Gasteiger partial charge on any atom is 0.277 e. The van der Waals surface area contributed by atoms with Gasteiger partial charge in [0.05, 0.1) is 37.6 Å². The van der Waals surface area contributed by atoms with E-state index in [1.54, 1.807) is 37.4 Å². The van der Waals surface area contributed by atoms with Gasteiger partial charge in [-0.05, 0) is 32.9 Å². The maximum absolute atomic E-state index is 12.7. The molecule has 156 valence electrons. The van der Waals surface area contributed by atoms with Gasteiger partial charge in [0.1, 0.15) is 0 Å². The molecule has 0 bridgehead atoms. The Labute approximate surface area is 167 Å². The van der Waals surface area contributed by atoms with Crippen LogP contribution in [0, 0.1) is 0 Å². The van der Waals surface area contributed by atoms with Crippen molar-refractivity contribution in [2.45, 2.75) is 31.2 Å². The summed E-state index contributed by atoms with van der Waals surface area (Å²) in [6, 6.07) is 8.38. The lowest BCUT2D eigenvalue weighted by molar-refractivity contribution is -0.895. The summed E-state index contributed by atoms with van der Waals surface area (Å²) in [5.74, 6) is -0.324. The highest BCUT2D eigenvalue weighted by molar-refractivity contribution is 7.89. The number of hydrogen-bond acceptors (Lipinski definition) is 4. The summed E-state index contributed by atoms with van der Waals surface area (Å²) < 4.78 is 26.8. The van der Waals surface area contributed by atoms with E-state index in [0.29, 0.717) is 31.1 Å². The zero-order valence-electron chi connectivity index (χ0n) is 17.1. The van der Waals surface area contributed by atoms with Crippen LogP contribution in [0.2, 0.25) is 0 Å². The van der Waals surface area contributed by atoms with Crippen LogP contribution in [0.1, 0.15) is 20.8 Å². The van der Waals surface area contributed by atoms with E-state index in [4.69, 9.17) is 0 Å². The molecule has 1 aliphatic rings. The Hall–Kier alpha value is -1.97. The third kappa shape index (κ3) is 6.29. The van der Waals surface area contributed by atoms with Crippen LogP contribution in [0.5, 0.6) is 0 Å². The molecule has 1 saturated heterocycles. The van der Waals surface area contributed by atoms with Crippen molar-refractivity contribution in [3.8, 4) is 0 Å². The summed E-state index contributed by atoms with van der Waals surface area (Å²) in [6.07, 6.45) is 0. The van der Waals surface area contributed by atoms with Crippen molar-refractivity contribution in [1.29, 1.82) is 0 Å². The van der Waals surface area contributed by atoms with E-state index in [0.717, 1.165) is 4.90 Å². The molecule has 0 radical (unpaired) electrons. The lowest BCUT2D eigenvalue weighted by Crippen LogP contribution is -3.15. The maximum atomic E-state index is 12.7. The summed E-state index contributed by atoms with van der Waals surface area (Å²) in [5.41, 5.74) is -0.340. The van der Waals surface area contributed by atoms with E-state index in [2.05, 4.69) is 5.32 Å². The summed E-state index contributed by atoms with van der Waals surface area (Å²) in [7, 11) is -1.88. The van der Waals surface area contributed by atoms with Crippen LogP contribution in [0.4, 0.5) is 0 Å². The average molecular weight is 412 g/mol. The van der Waals surface area contributed by atoms with Crippen LogP contribution in [0.15, 0.2) is 35.2 Å². The van der Waals surface area contributed by atoms with Crippen molar-refractivity contribution in [3.63, 3.8) is 0 Å². The number of amides is 2. The van der Waals surface area contributed by atoms with Gasteiger partial charge in [0.2, 0.25) is 15.9 Å². The molecule has 0 aliphatic carbocycles. The fourth-order valence-electron chi connectivity index (χ4n) is 3.07. The van der Waals surface area contributed by atoms with E-state index >= 15 is 0 Å². The molecular weight excluding hydrogens is 380 g/mol. The molecule has 28 heavy (non-hydrogen) atoms. The first-order valence-corrected chi connectivity index (χ1v) is 10.9. The van der Waals surface area contributed by atoms with Crippen molar-refractivity contribution < 1.29 is 22.9 Å². The number of quaternary nitrogens is 1. The highest BCUT2D eigenvalue weighted by Crippen LogP contribution is 2.14. The smallest absolute Gasteiger partial charge is 0.277 e. The molecule has 2 rings (SSSR count). The number of carbonyl (C=O) groups excluding carboxylic acids is 2. The van der Waals surface area contributed by atoms with Gasteiger partial charge in [-0.2, -0.15) is 4.31 Å². The van der Waals surface area contributed by atoms with Gasteiger partial charge >= 0.3 is 0 Å². The van der Waals surface area contributed by atoms with Crippen molar-refractivity contribution in [2.75, 3.05) is 46.3 Å². The minimum atomic E-state index is -3.49. The molecule has 0 aromatic heterocycles. The molecule has 1 heterocycles. The Morgan fingerprint density at radius 2 is 1.71 bits per heavy atom. The number of hydrogen-bond donors (Lipinski definition) is 2. The molecule has 8 nitrogen and oxygen atoms in total. The Morgan fingerprint density at radius 3 is 2.25 bits per heavy atom. The Morgan fingerprint density at radius 1 is 1.14 bits per heavy atom. The molecule has 0 saturated carbocycles. The largest absolute Gasteiger partial charge is 0.350 e. The lowest BCUT2D eigenvalue weighted by atomic mass is 10.1. The van der Waals surface area contributed by atoms with E-state index < -0.39 is 10.0 Å². The van der Waals surface area contributed by atoms with Crippen LogP contribution < -0.4 is 10.2 Å². The monoisotopic (exact) mass is 411 g/mol. The first-order valence-electron chi connectivity index (χ1n) is 9.43. The van der Waals surface area contributed by atoms with Gasteiger partial charge in [-0.3, -0.25) is 9.59 Å². The highest BCUT2D eigenvalue weighted by Gasteiger charge is 2.31. The Kier molecular flexibility index (Phi) is 7.19. The summed E-state index contributed by atoms with van der Waals surface area (Å²) in [5, 5.41) is 2.83. The first kappa shape index (κ1) is 22.3. The predicted octanol–water partition coefficient (Wildman–Crippen LogP) is -1.05. The normalized spacial score (nSPS) is 16.6. The van der Waals surface area contributed by atoms with Crippen LogP contribution in [0.25, 0.3) is 0 Å². The molecule has 2 amide bonds. The molecule has 2 N–H and O–H groups in total. The Bertz CT molecular complexity index is 782. The van der Waals surface area contributed by atoms with Crippen molar-refractivity contribution in [1.82, 2.24) is 14.5 Å². The van der Waals surface area contributed by atoms with Gasteiger partial charge in [-0.25, -0.2) is 8.42 Å². The summed E-state index contributed by atoms with van der Waals surface area (Å²) >= 11 is 0. The predicted molar refractivity (Wildman–Crippen MR) is 106 cm³/mol. The summed E-state index contributed by atoms with van der Waals surface area (Å²) in [6.45, 7) is 7.78. The topological polar surface area (TPSA) is 91.2 Å². The number of likely N-dealkylation sites (N-methyl/N-ethyl adjacent to an activating group) is 1. The number of sulfonamides is 1. The molecule has 1 aliphatic heterocycles. The highest BCUT2D eigenvalue weighted by atomic mass is 32.2. The van der Waals surface area contributed by atoms with Gasteiger partial charge < -0.3 is 15.1 Å². The standard InChI is InChI=1S/C19H30N4O4S/c1-19(2,3)20-17(24)14-21(4)18(25)15-22-10-12-23(13-11-22)28(26,27)16-8-6-5-7-9-16/h5-9H,10-15H2,1-4H3,(H,20,24)/p+1. The third-order valence-corrected chi connectivity index (χ3v) is 6.45. The zero-order chi connectivity index (χ0) is 20.9. The number of rotatable bonds is 6. The van der Waals surface area contributed by atoms with Crippen LogP contribution in [-0.4, -0.2) is 81.3 Å². The lowest BCUT2D eigenvalue weighted by Gasteiger charge is -2.32. The van der Waals surface area contributed by atoms with Gasteiger partial charge in [0, 0.05) is 12.6 Å². The molecule has 1 fully saturated rings. The van der Waals surface area contributed by atoms with E-state index in [9.17, 15) is 18.0 Å². The van der Waals surface area contributed by atoms with Crippen LogP contribution in [0.3, 0.4) is 0 Å². The Balaban J connectivity index is 1.83. The van der Waals surface area contributed by atoms with Crippen molar-refractivity contribution >= 4 is 21.8 Å². The number of nitrogens with one attached hydrogen (secondary N) is 2. The van der Waals surface area contributed by atoms with Crippen LogP contribution >= 0.6 is 0 Å². The third-order valence-electron chi connectivity index (χ3n) is 4.53. The van der Waals surface area contributed by atoms with E-state index in [-0.39, 0.29) is 30.4 Å². The number of benzene rings is 1. The van der Waals surface area contributed by atoms with Crippen LogP contribution in [-0.2, 0) is 19.6 Å². The quantitative estimate of drug-likeness (QED) is 0.625. The minimum absolute atomic E-state index is 0.0118. The second kappa shape index (κ2) is 9.02. The molecule has 1 aromatic carbocycles. The molecule has 1 aromatic rings. The zero-order valence-corrected chi connectivity index (χ0v) is 17.9. The number of piperazine rings is 1. The molecule has 0 unspecified atom stereocenters. The van der Waals surface area contributed by atoms with Gasteiger partial charge in [0.25, 0.3) is 5.91 Å². The van der Waals surface area contributed by atoms with E-state index in [1.807, 2.05) is 20.8 Å². The molecule has 9 heteroatoms. The second-order valence-corrected chi connectivity index (χ2v) is 10.1.